The van der Waals surface area contributed by atoms with E-state index in [0.717, 1.165) is 38.8 Å². The third kappa shape index (κ3) is 2.72. The maximum atomic E-state index is 6.05. The smallest absolute Gasteiger partial charge is 0.163 e. The first-order valence-electron chi connectivity index (χ1n) is 6.97. The molecule has 3 rings (SSSR count). The largest absolute Gasteiger partial charge is 0.390 e. The van der Waals surface area contributed by atoms with Crippen molar-refractivity contribution in [2.45, 2.75) is 12.3 Å². The first-order chi connectivity index (χ1) is 10.6. The van der Waals surface area contributed by atoms with Crippen molar-refractivity contribution < 1.29 is 0 Å². The van der Waals surface area contributed by atoms with Crippen LogP contribution in [0.15, 0.2) is 40.4 Å². The van der Waals surface area contributed by atoms with Crippen LogP contribution in [0.25, 0.3) is 11.0 Å². The van der Waals surface area contributed by atoms with E-state index in [1.165, 1.54) is 6.33 Å². The third-order valence-corrected chi connectivity index (χ3v) is 4.70. The van der Waals surface area contributed by atoms with Crippen LogP contribution in [0.3, 0.4) is 0 Å². The summed E-state index contributed by atoms with van der Waals surface area (Å²) in [4.78, 5) is 8.39. The number of hydrogen-bond donors (Lipinski definition) is 2. The summed E-state index contributed by atoms with van der Waals surface area (Å²) in [7, 11) is 1.87. The lowest BCUT2D eigenvalue weighted by Crippen LogP contribution is -2.11. The van der Waals surface area contributed by atoms with Crippen LogP contribution in [0.4, 0.5) is 5.82 Å². The highest BCUT2D eigenvalue weighted by molar-refractivity contribution is 14.1. The number of rotatable bonds is 1. The lowest BCUT2D eigenvalue weighted by molar-refractivity contribution is 0.661. The van der Waals surface area contributed by atoms with Crippen LogP contribution in [0.2, 0.25) is 0 Å². The summed E-state index contributed by atoms with van der Waals surface area (Å²) in [5, 5.41) is 8.78. The molecule has 2 aromatic rings. The Balaban J connectivity index is 2.07. The second-order valence-corrected chi connectivity index (χ2v) is 6.35. The minimum atomic E-state index is 0.136. The van der Waals surface area contributed by atoms with Gasteiger partial charge in [-0.15, -0.1) is 0 Å². The SMILES string of the molecule is C=C1/C=C\C(c2nn(C)c3ncnc(N)c23)CCN/C=C\1I. The topological polar surface area (TPSA) is 81.7 Å². The lowest BCUT2D eigenvalue weighted by atomic mass is 9.98. The molecule has 0 bridgehead atoms. The number of nitrogen functional groups attached to an aromatic ring is 1. The fourth-order valence-electron chi connectivity index (χ4n) is 2.53. The standard InChI is InChI=1S/C15H17IN6/c1-9-3-4-10(5-6-18-7-11(9)16)13-12-14(17)19-8-20-15(12)22(2)21-13/h3-4,7-8,10,18H,1,5-6H2,2H3,(H2,17,19,20)/b4-3-,11-7+. The Morgan fingerprint density at radius 2 is 2.27 bits per heavy atom. The zero-order chi connectivity index (χ0) is 15.7. The maximum absolute atomic E-state index is 6.05. The monoisotopic (exact) mass is 408 g/mol. The van der Waals surface area contributed by atoms with E-state index in [9.17, 15) is 0 Å². The van der Waals surface area contributed by atoms with E-state index in [0.29, 0.717) is 5.82 Å². The Labute approximate surface area is 142 Å². The van der Waals surface area contributed by atoms with Gasteiger partial charge in [0.2, 0.25) is 0 Å². The van der Waals surface area contributed by atoms with Crippen LogP contribution in [0, 0.1) is 0 Å². The number of fused-ring (bicyclic) bond motifs is 1. The molecule has 0 aromatic carbocycles. The first kappa shape index (κ1) is 15.0. The average molecular weight is 408 g/mol. The molecule has 2 aromatic heterocycles. The van der Waals surface area contributed by atoms with Crippen molar-refractivity contribution in [2.24, 2.45) is 7.05 Å². The Morgan fingerprint density at radius 1 is 1.45 bits per heavy atom. The molecule has 1 aliphatic heterocycles. The summed E-state index contributed by atoms with van der Waals surface area (Å²) in [6.07, 6.45) is 8.54. The van der Waals surface area contributed by atoms with E-state index in [2.05, 4.69) is 55.6 Å². The number of nitrogens with one attached hydrogen (secondary N) is 1. The van der Waals surface area contributed by atoms with E-state index < -0.39 is 0 Å². The van der Waals surface area contributed by atoms with Gasteiger partial charge in [0.15, 0.2) is 5.65 Å². The minimum absolute atomic E-state index is 0.136. The van der Waals surface area contributed by atoms with E-state index in [1.54, 1.807) is 4.68 Å². The summed E-state index contributed by atoms with van der Waals surface area (Å²) in [5.41, 5.74) is 8.70. The van der Waals surface area contributed by atoms with Crippen LogP contribution in [-0.2, 0) is 7.05 Å². The Hall–Kier alpha value is -1.90. The Morgan fingerprint density at radius 3 is 3.09 bits per heavy atom. The second kappa shape index (κ2) is 6.07. The van der Waals surface area contributed by atoms with Crippen molar-refractivity contribution in [1.29, 1.82) is 0 Å². The molecule has 3 N–H and O–H groups in total. The van der Waals surface area contributed by atoms with Crippen molar-refractivity contribution >= 4 is 39.4 Å². The van der Waals surface area contributed by atoms with E-state index >= 15 is 0 Å². The van der Waals surface area contributed by atoms with Gasteiger partial charge >= 0.3 is 0 Å². The quantitative estimate of drug-likeness (QED) is 0.709. The van der Waals surface area contributed by atoms with E-state index in [4.69, 9.17) is 5.73 Å². The van der Waals surface area contributed by atoms with Gasteiger partial charge in [0.1, 0.15) is 12.1 Å². The van der Waals surface area contributed by atoms with Crippen LogP contribution in [0.1, 0.15) is 18.0 Å². The molecule has 1 aliphatic rings. The molecule has 114 valence electrons. The lowest BCUT2D eigenvalue weighted by Gasteiger charge is -2.10. The van der Waals surface area contributed by atoms with Gasteiger partial charge in [-0.2, -0.15) is 5.10 Å². The Bertz CT molecular complexity index is 789. The van der Waals surface area contributed by atoms with Gasteiger partial charge in [-0.1, -0.05) is 18.7 Å². The van der Waals surface area contributed by atoms with Crippen molar-refractivity contribution in [3.63, 3.8) is 0 Å². The molecule has 0 amide bonds. The third-order valence-electron chi connectivity index (χ3n) is 3.69. The van der Waals surface area contributed by atoms with Crippen molar-refractivity contribution in [2.75, 3.05) is 12.3 Å². The summed E-state index contributed by atoms with van der Waals surface area (Å²) in [5.74, 6) is 0.609. The van der Waals surface area contributed by atoms with Gasteiger partial charge in [-0.05, 0) is 34.6 Å². The highest BCUT2D eigenvalue weighted by atomic mass is 127. The van der Waals surface area contributed by atoms with Gasteiger partial charge in [0, 0.05) is 29.3 Å². The molecule has 7 heteroatoms. The van der Waals surface area contributed by atoms with Gasteiger partial charge in [-0.25, -0.2) is 14.6 Å². The number of halogens is 1. The number of aromatic nitrogens is 4. The van der Waals surface area contributed by atoms with Crippen LogP contribution < -0.4 is 11.1 Å². The number of nitrogens with two attached hydrogens (primary N) is 1. The summed E-state index contributed by atoms with van der Waals surface area (Å²) in [6.45, 7) is 4.92. The van der Waals surface area contributed by atoms with E-state index in [-0.39, 0.29) is 5.92 Å². The van der Waals surface area contributed by atoms with Crippen LogP contribution in [-0.4, -0.2) is 26.3 Å². The zero-order valence-corrected chi connectivity index (χ0v) is 14.4. The Kier molecular flexibility index (Phi) is 4.14. The molecule has 22 heavy (non-hydrogen) atoms. The average Bonchev–Trinajstić information content (AvgIpc) is 2.86. The van der Waals surface area contributed by atoms with E-state index in [1.807, 2.05) is 19.3 Å². The fraction of sp³-hybridized carbons (Fsp3) is 0.267. The molecule has 0 spiro atoms. The molecule has 0 radical (unpaired) electrons. The number of allylic oxidation sites excluding steroid dienone is 4. The minimum Gasteiger partial charge on any atom is -0.390 e. The molecule has 0 saturated carbocycles. The molecule has 1 unspecified atom stereocenters. The molecular weight excluding hydrogens is 391 g/mol. The van der Waals surface area contributed by atoms with Gasteiger partial charge in [0.05, 0.1) is 11.1 Å². The molecule has 3 heterocycles. The first-order valence-corrected chi connectivity index (χ1v) is 8.05. The van der Waals surface area contributed by atoms with Crippen molar-refractivity contribution in [3.8, 4) is 0 Å². The van der Waals surface area contributed by atoms with Crippen molar-refractivity contribution in [3.05, 3.63) is 46.1 Å². The molecule has 0 aliphatic carbocycles. The molecular formula is C15H17IN6. The summed E-state index contributed by atoms with van der Waals surface area (Å²) in [6, 6.07) is 0. The zero-order valence-electron chi connectivity index (χ0n) is 12.3. The predicted molar refractivity (Wildman–Crippen MR) is 96.5 cm³/mol. The molecule has 1 atom stereocenters. The number of aryl methyl sites for hydroxylation is 1. The van der Waals surface area contributed by atoms with Gasteiger partial charge in [-0.3, -0.25) is 0 Å². The molecule has 0 saturated heterocycles. The van der Waals surface area contributed by atoms with Crippen molar-refractivity contribution in [1.82, 2.24) is 25.1 Å². The number of nitrogens with zero attached hydrogens (tertiary/aromatic N) is 4. The van der Waals surface area contributed by atoms with Crippen LogP contribution >= 0.6 is 22.6 Å². The molecule has 6 nitrogen and oxygen atoms in total. The predicted octanol–water partition coefficient (Wildman–Crippen LogP) is 2.41. The number of anilines is 1. The second-order valence-electron chi connectivity index (χ2n) is 5.19. The number of hydrogen-bond acceptors (Lipinski definition) is 5. The maximum Gasteiger partial charge on any atom is 0.163 e. The van der Waals surface area contributed by atoms with Crippen LogP contribution in [0.5, 0.6) is 0 Å². The summed E-state index contributed by atoms with van der Waals surface area (Å²) < 4.78 is 2.86. The summed E-state index contributed by atoms with van der Waals surface area (Å²) >= 11 is 2.28. The van der Waals surface area contributed by atoms with Gasteiger partial charge < -0.3 is 11.1 Å². The highest BCUT2D eigenvalue weighted by Crippen LogP contribution is 2.31. The van der Waals surface area contributed by atoms with Gasteiger partial charge in [0.25, 0.3) is 0 Å². The highest BCUT2D eigenvalue weighted by Gasteiger charge is 2.20. The molecule has 0 fully saturated rings. The normalized spacial score (nSPS) is 23.1. The fourth-order valence-corrected chi connectivity index (χ4v) is 2.93.